The largest absolute Gasteiger partial charge is 0.491 e. The number of carbonyl (C=O) groups excluding carboxylic acids is 3. The van der Waals surface area contributed by atoms with Crippen LogP contribution in [-0.4, -0.2) is 43.8 Å². The SMILES string of the molecule is C=C(OC(=O)C(F)(F)F)C(=O)Nc1cccc(N2C(=O)N(c3ccccc3)Cc3cnc(Nc4cn(C(C)(C)C#N)nc4Cl)nc32)c1. The first-order valence-corrected chi connectivity index (χ1v) is 13.9. The average Bonchev–Trinajstić information content (AvgIpc) is 3.41. The number of alkyl halides is 3. The highest BCUT2D eigenvalue weighted by molar-refractivity contribution is 6.32. The van der Waals surface area contributed by atoms with Crippen molar-refractivity contribution in [3.05, 3.63) is 90.0 Å². The number of hydrogen-bond donors (Lipinski definition) is 2. The number of ether oxygens (including phenoxy) is 1. The van der Waals surface area contributed by atoms with Crippen molar-refractivity contribution in [1.29, 1.82) is 5.26 Å². The lowest BCUT2D eigenvalue weighted by Gasteiger charge is -2.36. The van der Waals surface area contributed by atoms with E-state index in [0.717, 1.165) is 0 Å². The quantitative estimate of drug-likeness (QED) is 0.128. The van der Waals surface area contributed by atoms with Gasteiger partial charge in [0.15, 0.2) is 16.7 Å². The van der Waals surface area contributed by atoms with Crippen LogP contribution in [0, 0.1) is 11.3 Å². The molecule has 0 bridgehead atoms. The van der Waals surface area contributed by atoms with Crippen LogP contribution in [0.5, 0.6) is 0 Å². The fourth-order valence-electron chi connectivity index (χ4n) is 4.29. The highest BCUT2D eigenvalue weighted by Crippen LogP contribution is 2.37. The summed E-state index contributed by atoms with van der Waals surface area (Å²) < 4.78 is 43.1. The first-order chi connectivity index (χ1) is 22.2. The number of aromatic nitrogens is 4. The smallest absolute Gasteiger partial charge is 0.415 e. The van der Waals surface area contributed by atoms with Crippen LogP contribution in [-0.2, 0) is 26.4 Å². The third-order valence-electron chi connectivity index (χ3n) is 6.70. The summed E-state index contributed by atoms with van der Waals surface area (Å²) in [5, 5.41) is 18.9. The molecule has 240 valence electrons. The van der Waals surface area contributed by atoms with Crippen LogP contribution >= 0.6 is 11.6 Å². The molecule has 47 heavy (non-hydrogen) atoms. The van der Waals surface area contributed by atoms with Crippen molar-refractivity contribution >= 4 is 64.0 Å². The van der Waals surface area contributed by atoms with Gasteiger partial charge in [-0.1, -0.05) is 42.4 Å². The number of halogens is 4. The Balaban J connectivity index is 1.49. The second-order valence-electron chi connectivity index (χ2n) is 10.5. The van der Waals surface area contributed by atoms with E-state index >= 15 is 0 Å². The number of nitrogens with zero attached hydrogens (tertiary/aromatic N) is 7. The highest BCUT2D eigenvalue weighted by atomic mass is 35.5. The van der Waals surface area contributed by atoms with Crippen molar-refractivity contribution in [2.75, 3.05) is 20.4 Å². The monoisotopic (exact) mass is 665 g/mol. The molecule has 17 heteroatoms. The Labute approximate surface area is 269 Å². The van der Waals surface area contributed by atoms with Gasteiger partial charge < -0.3 is 15.4 Å². The number of anilines is 6. The molecular formula is C30H23ClF3N9O4. The Hall–Kier alpha value is -5.95. The molecule has 2 N–H and O–H groups in total. The molecule has 3 amide bonds. The molecule has 0 atom stereocenters. The summed E-state index contributed by atoms with van der Waals surface area (Å²) in [6, 6.07) is 16.2. The summed E-state index contributed by atoms with van der Waals surface area (Å²) >= 11 is 6.31. The first-order valence-electron chi connectivity index (χ1n) is 13.5. The van der Waals surface area contributed by atoms with Crippen molar-refractivity contribution in [2.45, 2.75) is 32.1 Å². The van der Waals surface area contributed by atoms with Gasteiger partial charge in [-0.3, -0.25) is 9.69 Å². The van der Waals surface area contributed by atoms with Gasteiger partial charge in [0.1, 0.15) is 5.54 Å². The summed E-state index contributed by atoms with van der Waals surface area (Å²) in [6.45, 7) is 6.50. The predicted octanol–water partition coefficient (Wildman–Crippen LogP) is 6.16. The Morgan fingerprint density at radius 1 is 1.11 bits per heavy atom. The summed E-state index contributed by atoms with van der Waals surface area (Å²) in [6.07, 6.45) is -2.30. The van der Waals surface area contributed by atoms with Crippen molar-refractivity contribution in [2.24, 2.45) is 0 Å². The van der Waals surface area contributed by atoms with Crippen molar-refractivity contribution < 1.29 is 32.3 Å². The van der Waals surface area contributed by atoms with Gasteiger partial charge >= 0.3 is 18.2 Å². The standard InChI is InChI=1S/C30H23ClF3N9O4/c1-17(47-26(45)30(32,33)34)25(44)37-19-8-7-11-21(12-19)43-24-18(14-41(28(43)46)20-9-5-4-6-10-20)13-36-27(39-24)38-22-15-42(40-23(22)31)29(2,3)16-35/h4-13,15H,1,14H2,2-3H3,(H,37,44)(H,36,38,39). The zero-order chi connectivity index (χ0) is 34.1. The van der Waals surface area contributed by atoms with E-state index in [-0.39, 0.29) is 34.8 Å². The topological polar surface area (TPSA) is 158 Å². The number of amides is 3. The maximum atomic E-state index is 14.1. The van der Waals surface area contributed by atoms with E-state index in [9.17, 15) is 32.8 Å². The molecule has 13 nitrogen and oxygen atoms in total. The lowest BCUT2D eigenvalue weighted by molar-refractivity contribution is -0.195. The molecule has 0 aliphatic carbocycles. The molecule has 0 radical (unpaired) electrons. The Morgan fingerprint density at radius 2 is 1.81 bits per heavy atom. The molecule has 2 aromatic heterocycles. The maximum absolute atomic E-state index is 14.1. The minimum atomic E-state index is -5.33. The number of para-hydroxylation sites is 1. The number of urea groups is 1. The Morgan fingerprint density at radius 3 is 2.49 bits per heavy atom. The second-order valence-corrected chi connectivity index (χ2v) is 10.8. The van der Waals surface area contributed by atoms with E-state index in [1.165, 1.54) is 45.1 Å². The zero-order valence-electron chi connectivity index (χ0n) is 24.5. The van der Waals surface area contributed by atoms with Crippen LogP contribution in [0.3, 0.4) is 0 Å². The van der Waals surface area contributed by atoms with Gasteiger partial charge in [-0.05, 0) is 44.2 Å². The maximum Gasteiger partial charge on any atom is 0.491 e. The van der Waals surface area contributed by atoms with E-state index in [1.54, 1.807) is 50.2 Å². The summed E-state index contributed by atoms with van der Waals surface area (Å²) in [4.78, 5) is 49.4. The van der Waals surface area contributed by atoms with Crippen LogP contribution in [0.25, 0.3) is 0 Å². The van der Waals surface area contributed by atoms with Crippen LogP contribution in [0.4, 0.5) is 52.5 Å². The van der Waals surface area contributed by atoms with Crippen molar-refractivity contribution in [1.82, 2.24) is 19.7 Å². The van der Waals surface area contributed by atoms with Gasteiger partial charge in [-0.2, -0.15) is 28.5 Å². The average molecular weight is 666 g/mol. The molecule has 3 heterocycles. The van der Waals surface area contributed by atoms with Gasteiger partial charge in [-0.15, -0.1) is 0 Å². The van der Waals surface area contributed by atoms with Gasteiger partial charge in [0.05, 0.1) is 30.2 Å². The van der Waals surface area contributed by atoms with E-state index in [1.807, 2.05) is 0 Å². The van der Waals surface area contributed by atoms with Gasteiger partial charge in [0.2, 0.25) is 5.95 Å². The fourth-order valence-corrected chi connectivity index (χ4v) is 4.47. The van der Waals surface area contributed by atoms with Crippen LogP contribution < -0.4 is 20.4 Å². The molecule has 1 aliphatic heterocycles. The molecule has 1 aliphatic rings. The number of rotatable bonds is 8. The molecule has 0 unspecified atom stereocenters. The molecule has 0 fully saturated rings. The highest BCUT2D eigenvalue weighted by Gasteiger charge is 2.42. The minimum Gasteiger partial charge on any atom is -0.415 e. The summed E-state index contributed by atoms with van der Waals surface area (Å²) in [7, 11) is 0. The lowest BCUT2D eigenvalue weighted by atomic mass is 10.1. The fraction of sp³-hybridized carbons (Fsp3) is 0.167. The summed E-state index contributed by atoms with van der Waals surface area (Å²) in [5.74, 6) is -4.70. The number of nitriles is 1. The molecule has 0 saturated heterocycles. The zero-order valence-corrected chi connectivity index (χ0v) is 25.3. The normalized spacial score (nSPS) is 13.0. The predicted molar refractivity (Wildman–Crippen MR) is 164 cm³/mol. The third kappa shape index (κ3) is 6.84. The number of esters is 1. The molecule has 4 aromatic rings. The number of hydrogen-bond acceptors (Lipinski definition) is 9. The molecule has 0 saturated carbocycles. The lowest BCUT2D eigenvalue weighted by Crippen LogP contribution is -2.45. The second kappa shape index (κ2) is 12.4. The number of fused-ring (bicyclic) bond motifs is 1. The molecule has 2 aromatic carbocycles. The number of nitrogens with one attached hydrogen (secondary N) is 2. The first kappa shape index (κ1) is 32.4. The van der Waals surface area contributed by atoms with Crippen LogP contribution in [0.2, 0.25) is 5.15 Å². The molecular weight excluding hydrogens is 643 g/mol. The van der Waals surface area contributed by atoms with Crippen molar-refractivity contribution in [3.63, 3.8) is 0 Å². The number of carbonyl (C=O) groups is 3. The third-order valence-corrected chi connectivity index (χ3v) is 6.98. The Kier molecular flexibility index (Phi) is 8.59. The van der Waals surface area contributed by atoms with Gasteiger partial charge in [0, 0.05) is 23.1 Å². The van der Waals surface area contributed by atoms with E-state index in [4.69, 9.17) is 11.6 Å². The van der Waals surface area contributed by atoms with E-state index in [2.05, 4.69) is 43.1 Å². The van der Waals surface area contributed by atoms with Crippen LogP contribution in [0.1, 0.15) is 19.4 Å². The molecule has 0 spiro atoms. The van der Waals surface area contributed by atoms with Gasteiger partial charge in [-0.25, -0.2) is 24.2 Å². The number of benzene rings is 2. The van der Waals surface area contributed by atoms with E-state index in [0.29, 0.717) is 16.9 Å². The van der Waals surface area contributed by atoms with Crippen molar-refractivity contribution in [3.8, 4) is 6.07 Å². The summed E-state index contributed by atoms with van der Waals surface area (Å²) in [5.41, 5.74) is 0.645. The molecule has 5 rings (SSSR count). The van der Waals surface area contributed by atoms with E-state index < -0.39 is 35.4 Å². The minimum absolute atomic E-state index is 0.0367. The van der Waals surface area contributed by atoms with Crippen LogP contribution in [0.15, 0.2) is 79.3 Å². The van der Waals surface area contributed by atoms with Gasteiger partial charge in [0.25, 0.3) is 5.91 Å². The Bertz CT molecular complexity index is 1940.